The van der Waals surface area contributed by atoms with Crippen LogP contribution in [-0.2, 0) is 6.54 Å². The SMILES string of the molecule is CN1CCC(NC(=O)NCc2ccc(OC3CCCC3)nc2)CC1. The van der Waals surface area contributed by atoms with Crippen LogP contribution in [0.1, 0.15) is 44.1 Å². The molecule has 3 rings (SSSR count). The molecule has 0 spiro atoms. The highest BCUT2D eigenvalue weighted by molar-refractivity contribution is 5.74. The van der Waals surface area contributed by atoms with E-state index in [1.165, 1.54) is 12.8 Å². The Balaban J connectivity index is 1.38. The van der Waals surface area contributed by atoms with Crippen molar-refractivity contribution in [2.24, 2.45) is 0 Å². The van der Waals surface area contributed by atoms with Crippen molar-refractivity contribution in [1.29, 1.82) is 0 Å². The number of piperidine rings is 1. The van der Waals surface area contributed by atoms with Crippen LogP contribution in [0.5, 0.6) is 5.88 Å². The molecule has 2 heterocycles. The standard InChI is InChI=1S/C18H28N4O2/c1-22-10-8-15(9-11-22)21-18(23)20-13-14-6-7-17(19-12-14)24-16-4-2-3-5-16/h6-7,12,15-16H,2-5,8-11,13H2,1H3,(H2,20,21,23). The third-order valence-electron chi connectivity index (χ3n) is 4.89. The second-order valence-electron chi connectivity index (χ2n) is 6.93. The first-order valence-corrected chi connectivity index (χ1v) is 9.03. The summed E-state index contributed by atoms with van der Waals surface area (Å²) in [6, 6.07) is 4.04. The van der Waals surface area contributed by atoms with Crippen LogP contribution < -0.4 is 15.4 Å². The summed E-state index contributed by atoms with van der Waals surface area (Å²) >= 11 is 0. The summed E-state index contributed by atoms with van der Waals surface area (Å²) < 4.78 is 5.85. The number of nitrogens with one attached hydrogen (secondary N) is 2. The third-order valence-corrected chi connectivity index (χ3v) is 4.89. The lowest BCUT2D eigenvalue weighted by Crippen LogP contribution is -2.46. The van der Waals surface area contributed by atoms with Crippen LogP contribution in [0.4, 0.5) is 4.79 Å². The van der Waals surface area contributed by atoms with Crippen LogP contribution in [0.25, 0.3) is 0 Å². The second-order valence-corrected chi connectivity index (χ2v) is 6.93. The van der Waals surface area contributed by atoms with Crippen molar-refractivity contribution in [2.75, 3.05) is 20.1 Å². The van der Waals surface area contributed by atoms with Crippen LogP contribution in [0.2, 0.25) is 0 Å². The molecule has 24 heavy (non-hydrogen) atoms. The molecular weight excluding hydrogens is 304 g/mol. The maximum atomic E-state index is 12.0. The first kappa shape index (κ1) is 17.0. The van der Waals surface area contributed by atoms with E-state index in [2.05, 4.69) is 27.6 Å². The Bertz CT molecular complexity index is 520. The summed E-state index contributed by atoms with van der Waals surface area (Å²) in [6.07, 6.45) is 8.88. The molecule has 2 fully saturated rings. The number of rotatable bonds is 5. The molecule has 1 aliphatic heterocycles. The van der Waals surface area contributed by atoms with Gasteiger partial charge in [0.05, 0.1) is 0 Å². The smallest absolute Gasteiger partial charge is 0.315 e. The van der Waals surface area contributed by atoms with Crippen molar-refractivity contribution in [3.63, 3.8) is 0 Å². The number of urea groups is 1. The van der Waals surface area contributed by atoms with Crippen molar-refractivity contribution < 1.29 is 9.53 Å². The van der Waals surface area contributed by atoms with Gasteiger partial charge >= 0.3 is 6.03 Å². The molecule has 0 unspecified atom stereocenters. The lowest BCUT2D eigenvalue weighted by molar-refractivity contribution is 0.201. The topological polar surface area (TPSA) is 66.5 Å². The van der Waals surface area contributed by atoms with E-state index in [0.29, 0.717) is 18.5 Å². The highest BCUT2D eigenvalue weighted by Gasteiger charge is 2.18. The molecule has 1 aromatic rings. The Morgan fingerprint density at radius 2 is 2.00 bits per heavy atom. The largest absolute Gasteiger partial charge is 0.474 e. The Morgan fingerprint density at radius 1 is 1.25 bits per heavy atom. The van der Waals surface area contributed by atoms with Gasteiger partial charge in [0.1, 0.15) is 6.10 Å². The van der Waals surface area contributed by atoms with Crippen molar-refractivity contribution in [2.45, 2.75) is 57.2 Å². The Labute approximate surface area is 144 Å². The van der Waals surface area contributed by atoms with Crippen molar-refractivity contribution in [3.05, 3.63) is 23.9 Å². The van der Waals surface area contributed by atoms with Crippen LogP contribution in [0.3, 0.4) is 0 Å². The number of carbonyl (C=O) groups is 1. The van der Waals surface area contributed by atoms with Gasteiger partial charge in [-0.1, -0.05) is 6.07 Å². The molecule has 1 saturated heterocycles. The van der Waals surface area contributed by atoms with Gasteiger partial charge in [-0.15, -0.1) is 0 Å². The van der Waals surface area contributed by atoms with E-state index >= 15 is 0 Å². The zero-order valence-corrected chi connectivity index (χ0v) is 14.5. The molecule has 0 atom stereocenters. The van der Waals surface area contributed by atoms with E-state index in [4.69, 9.17) is 4.74 Å². The minimum Gasteiger partial charge on any atom is -0.474 e. The first-order valence-electron chi connectivity index (χ1n) is 9.03. The quantitative estimate of drug-likeness (QED) is 0.868. The minimum absolute atomic E-state index is 0.101. The van der Waals surface area contributed by atoms with Gasteiger partial charge in [-0.05, 0) is 64.2 Å². The number of ether oxygens (including phenoxy) is 1. The summed E-state index contributed by atoms with van der Waals surface area (Å²) in [6.45, 7) is 2.56. The zero-order chi connectivity index (χ0) is 16.8. The van der Waals surface area contributed by atoms with Crippen LogP contribution in [0, 0.1) is 0 Å². The molecule has 1 aromatic heterocycles. The van der Waals surface area contributed by atoms with E-state index < -0.39 is 0 Å². The van der Waals surface area contributed by atoms with Gasteiger partial charge in [0, 0.05) is 24.8 Å². The maximum Gasteiger partial charge on any atom is 0.315 e. The molecule has 0 aromatic carbocycles. The van der Waals surface area contributed by atoms with Crippen LogP contribution in [0.15, 0.2) is 18.3 Å². The molecule has 0 radical (unpaired) electrons. The highest BCUT2D eigenvalue weighted by Crippen LogP contribution is 2.22. The fourth-order valence-electron chi connectivity index (χ4n) is 3.33. The molecule has 132 valence electrons. The van der Waals surface area contributed by atoms with Crippen molar-refractivity contribution in [3.8, 4) is 5.88 Å². The molecule has 6 nitrogen and oxygen atoms in total. The van der Waals surface area contributed by atoms with Gasteiger partial charge in [-0.25, -0.2) is 9.78 Å². The lowest BCUT2D eigenvalue weighted by Gasteiger charge is -2.29. The predicted molar refractivity (Wildman–Crippen MR) is 93.0 cm³/mol. The number of pyridine rings is 1. The number of amides is 2. The molecule has 1 saturated carbocycles. The number of carbonyl (C=O) groups excluding carboxylic acids is 1. The summed E-state index contributed by atoms with van der Waals surface area (Å²) in [5.74, 6) is 0.682. The predicted octanol–water partition coefficient (Wildman–Crippen LogP) is 2.30. The molecule has 2 amide bonds. The summed E-state index contributed by atoms with van der Waals surface area (Å²) in [4.78, 5) is 18.6. The molecule has 0 bridgehead atoms. The van der Waals surface area contributed by atoms with Gasteiger partial charge < -0.3 is 20.3 Å². The molecular formula is C18H28N4O2. The minimum atomic E-state index is -0.101. The molecule has 2 aliphatic rings. The van der Waals surface area contributed by atoms with Gasteiger partial charge in [0.25, 0.3) is 0 Å². The number of hydrogen-bond acceptors (Lipinski definition) is 4. The molecule has 2 N–H and O–H groups in total. The third kappa shape index (κ3) is 5.09. The number of hydrogen-bond donors (Lipinski definition) is 2. The summed E-state index contributed by atoms with van der Waals surface area (Å²) in [7, 11) is 2.11. The van der Waals surface area contributed by atoms with E-state index in [1.807, 2.05) is 12.1 Å². The number of likely N-dealkylation sites (tertiary alicyclic amines) is 1. The molecule has 6 heteroatoms. The van der Waals surface area contributed by atoms with Crippen LogP contribution in [-0.4, -0.2) is 48.2 Å². The summed E-state index contributed by atoms with van der Waals surface area (Å²) in [5, 5.41) is 5.95. The normalized spacial score (nSPS) is 20.0. The Kier molecular flexibility index (Phi) is 5.91. The average molecular weight is 332 g/mol. The zero-order valence-electron chi connectivity index (χ0n) is 14.5. The highest BCUT2D eigenvalue weighted by atomic mass is 16.5. The van der Waals surface area contributed by atoms with Crippen molar-refractivity contribution in [1.82, 2.24) is 20.5 Å². The van der Waals surface area contributed by atoms with Gasteiger partial charge in [0.15, 0.2) is 0 Å². The van der Waals surface area contributed by atoms with Crippen molar-refractivity contribution >= 4 is 6.03 Å². The van der Waals surface area contributed by atoms with Crippen LogP contribution >= 0.6 is 0 Å². The van der Waals surface area contributed by atoms with E-state index in [-0.39, 0.29) is 12.1 Å². The van der Waals surface area contributed by atoms with E-state index in [9.17, 15) is 4.79 Å². The van der Waals surface area contributed by atoms with E-state index in [1.54, 1.807) is 6.20 Å². The first-order chi connectivity index (χ1) is 11.7. The Morgan fingerprint density at radius 3 is 2.67 bits per heavy atom. The summed E-state index contributed by atoms with van der Waals surface area (Å²) in [5.41, 5.74) is 0.979. The van der Waals surface area contributed by atoms with Gasteiger partial charge in [-0.2, -0.15) is 0 Å². The van der Waals surface area contributed by atoms with Gasteiger partial charge in [0.2, 0.25) is 5.88 Å². The maximum absolute atomic E-state index is 12.0. The second kappa shape index (κ2) is 8.33. The monoisotopic (exact) mass is 332 g/mol. The fraction of sp³-hybridized carbons (Fsp3) is 0.667. The van der Waals surface area contributed by atoms with E-state index in [0.717, 1.165) is 44.3 Å². The molecule has 1 aliphatic carbocycles. The lowest BCUT2D eigenvalue weighted by atomic mass is 10.1. The fourth-order valence-corrected chi connectivity index (χ4v) is 3.33. The Hall–Kier alpha value is -1.82. The van der Waals surface area contributed by atoms with Gasteiger partial charge in [-0.3, -0.25) is 0 Å². The number of aromatic nitrogens is 1. The average Bonchev–Trinajstić information content (AvgIpc) is 3.09. The number of nitrogens with zero attached hydrogens (tertiary/aromatic N) is 2.